The number of nitrogens with one attached hydrogen (secondary N) is 1. The minimum Gasteiger partial charge on any atom is -0.410 e. The van der Waals surface area contributed by atoms with Crippen molar-refractivity contribution in [2.45, 2.75) is 58.7 Å². The first-order chi connectivity index (χ1) is 20.6. The van der Waals surface area contributed by atoms with Crippen LogP contribution in [0.3, 0.4) is 0 Å². The fraction of sp³-hybridized carbons (Fsp3) is 0.424. The summed E-state index contributed by atoms with van der Waals surface area (Å²) in [6.45, 7) is 9.16. The molecule has 1 aromatic heterocycles. The smallest absolute Gasteiger partial charge is 0.410 e. The van der Waals surface area contributed by atoms with Gasteiger partial charge in [-0.15, -0.1) is 0 Å². The summed E-state index contributed by atoms with van der Waals surface area (Å²) in [6.07, 6.45) is 3.88. The monoisotopic (exact) mass is 583 g/mol. The zero-order chi connectivity index (χ0) is 30.9. The Morgan fingerprint density at radius 3 is 2.40 bits per heavy atom. The number of aromatic nitrogens is 2. The van der Waals surface area contributed by atoms with Crippen molar-refractivity contribution in [3.8, 4) is 11.8 Å². The van der Waals surface area contributed by atoms with E-state index in [9.17, 15) is 14.9 Å². The van der Waals surface area contributed by atoms with E-state index in [-0.39, 0.29) is 11.9 Å². The number of benzene rings is 2. The zero-order valence-electron chi connectivity index (χ0n) is 25.7. The van der Waals surface area contributed by atoms with Gasteiger partial charge < -0.3 is 24.8 Å². The van der Waals surface area contributed by atoms with Gasteiger partial charge >= 0.3 is 6.09 Å². The van der Waals surface area contributed by atoms with Crippen LogP contribution in [-0.4, -0.2) is 77.6 Å². The lowest BCUT2D eigenvalue weighted by Crippen LogP contribution is -2.46. The number of amides is 2. The van der Waals surface area contributed by atoms with Crippen molar-refractivity contribution in [2.75, 3.05) is 38.6 Å². The molecule has 1 fully saturated rings. The predicted octanol–water partition coefficient (Wildman–Crippen LogP) is 4.71. The number of aryl methyl sites for hydroxylation is 2. The highest BCUT2D eigenvalue weighted by Gasteiger charge is 2.26. The Morgan fingerprint density at radius 2 is 1.77 bits per heavy atom. The molecule has 1 N–H and O–H groups in total. The normalized spacial score (nSPS) is 14.4. The van der Waals surface area contributed by atoms with Crippen molar-refractivity contribution in [3.05, 3.63) is 82.9 Å². The molecule has 0 aliphatic carbocycles. The maximum Gasteiger partial charge on any atom is 0.414 e. The van der Waals surface area contributed by atoms with Crippen LogP contribution in [0.25, 0.3) is 0 Å². The average molecular weight is 584 g/mol. The third-order valence-corrected chi connectivity index (χ3v) is 7.85. The minimum atomic E-state index is -0.418. The Morgan fingerprint density at radius 1 is 1.09 bits per heavy atom. The number of ether oxygens (including phenoxy) is 1. The highest BCUT2D eigenvalue weighted by Crippen LogP contribution is 2.28. The number of hydrogen-bond acceptors (Lipinski definition) is 8. The molecule has 4 rings (SSSR count). The number of carbonyl (C=O) groups is 2. The average Bonchev–Trinajstić information content (AvgIpc) is 2.99. The Balaban J connectivity index is 1.37. The number of nitrogens with zero attached hydrogens (tertiary/aromatic N) is 6. The van der Waals surface area contributed by atoms with E-state index >= 15 is 0 Å². The maximum atomic E-state index is 12.8. The summed E-state index contributed by atoms with van der Waals surface area (Å²) in [4.78, 5) is 39.4. The van der Waals surface area contributed by atoms with Crippen LogP contribution in [0.5, 0.6) is 5.75 Å². The van der Waals surface area contributed by atoms with E-state index in [0.717, 1.165) is 50.1 Å². The minimum absolute atomic E-state index is 0.0215. The number of anilines is 1. The number of piperidine rings is 1. The van der Waals surface area contributed by atoms with E-state index in [0.29, 0.717) is 40.9 Å². The Bertz CT molecular complexity index is 1420. The third kappa shape index (κ3) is 8.52. The first-order valence-electron chi connectivity index (χ1n) is 14.7. The van der Waals surface area contributed by atoms with Crippen LogP contribution in [-0.2, 0) is 6.54 Å². The molecular weight excluding hydrogens is 542 g/mol. The van der Waals surface area contributed by atoms with E-state index in [1.54, 1.807) is 14.1 Å². The Hall–Kier alpha value is -4.49. The van der Waals surface area contributed by atoms with E-state index in [2.05, 4.69) is 37.2 Å². The molecule has 1 aliphatic heterocycles. The molecule has 1 atom stereocenters. The molecule has 0 spiro atoms. The fourth-order valence-corrected chi connectivity index (χ4v) is 5.39. The van der Waals surface area contributed by atoms with Gasteiger partial charge in [0.15, 0.2) is 0 Å². The lowest BCUT2D eigenvalue weighted by Gasteiger charge is -2.40. The first kappa shape index (κ1) is 31.4. The number of hydrogen-bond donors (Lipinski definition) is 1. The third-order valence-electron chi connectivity index (χ3n) is 7.85. The second-order valence-electron chi connectivity index (χ2n) is 11.4. The van der Waals surface area contributed by atoms with Crippen molar-refractivity contribution in [3.63, 3.8) is 0 Å². The van der Waals surface area contributed by atoms with Crippen molar-refractivity contribution in [2.24, 2.45) is 0 Å². The zero-order valence-corrected chi connectivity index (χ0v) is 25.7. The molecule has 10 heteroatoms. The van der Waals surface area contributed by atoms with E-state index < -0.39 is 6.09 Å². The summed E-state index contributed by atoms with van der Waals surface area (Å²) in [7, 11) is 3.30. The summed E-state index contributed by atoms with van der Waals surface area (Å²) in [5.74, 6) is 0.371. The number of rotatable bonds is 10. The highest BCUT2D eigenvalue weighted by atomic mass is 16.6. The maximum absolute atomic E-state index is 12.8. The molecule has 2 aromatic carbocycles. The lowest BCUT2D eigenvalue weighted by atomic mass is 10.00. The Kier molecular flexibility index (Phi) is 10.7. The van der Waals surface area contributed by atoms with Gasteiger partial charge in [0.2, 0.25) is 0 Å². The van der Waals surface area contributed by atoms with Crippen LogP contribution in [0.1, 0.15) is 59.1 Å². The number of carbonyl (C=O) groups excluding carboxylic acids is 2. The van der Waals surface area contributed by atoms with Crippen molar-refractivity contribution in [1.82, 2.24) is 25.1 Å². The van der Waals surface area contributed by atoms with Gasteiger partial charge in [-0.05, 0) is 82.0 Å². The van der Waals surface area contributed by atoms with Crippen LogP contribution < -0.4 is 15.0 Å². The van der Waals surface area contributed by atoms with Crippen molar-refractivity contribution in [1.29, 1.82) is 5.26 Å². The van der Waals surface area contributed by atoms with Gasteiger partial charge in [-0.25, -0.2) is 14.8 Å². The van der Waals surface area contributed by atoms with Crippen LogP contribution in [0.15, 0.2) is 54.9 Å². The first-order valence-corrected chi connectivity index (χ1v) is 14.7. The largest absolute Gasteiger partial charge is 0.414 e. The summed E-state index contributed by atoms with van der Waals surface area (Å²) in [5.41, 5.74) is 4.68. The molecule has 1 unspecified atom stereocenters. The summed E-state index contributed by atoms with van der Waals surface area (Å²) in [6, 6.07) is 17.9. The lowest BCUT2D eigenvalue weighted by molar-refractivity contribution is 0.0931. The Labute approximate surface area is 254 Å². The molecule has 10 nitrogen and oxygen atoms in total. The second-order valence-corrected chi connectivity index (χ2v) is 11.4. The predicted molar refractivity (Wildman–Crippen MR) is 166 cm³/mol. The van der Waals surface area contributed by atoms with Gasteiger partial charge in [0, 0.05) is 58.0 Å². The van der Waals surface area contributed by atoms with Gasteiger partial charge in [0.05, 0.1) is 28.6 Å². The molecule has 0 saturated carbocycles. The van der Waals surface area contributed by atoms with E-state index in [1.165, 1.54) is 11.2 Å². The molecule has 3 aromatic rings. The SMILES string of the molecule is Cc1ncnc(C)c1C(=O)NC(C)CCN1CCC(N(Cc2cccc(C#N)c2)c2ccc(OC(=O)N(C)C)cc2)CC1. The molecule has 2 heterocycles. The van der Waals surface area contributed by atoms with Crippen LogP contribution in [0, 0.1) is 25.2 Å². The standard InChI is InChI=1S/C33H41N7O3/c1-23(37-32(41)31-24(2)35-22-36-25(31)3)13-16-39-17-14-29(15-18-39)40(21-27-8-6-7-26(19-27)20-34)28-9-11-30(12-10-28)43-33(42)38(4)5/h6-12,19,22-23,29H,13-18,21H2,1-5H3,(H,37,41). The summed E-state index contributed by atoms with van der Waals surface area (Å²) in [5, 5.41) is 12.5. The molecule has 226 valence electrons. The highest BCUT2D eigenvalue weighted by molar-refractivity contribution is 5.96. The van der Waals surface area contributed by atoms with Crippen molar-refractivity contribution < 1.29 is 14.3 Å². The second kappa shape index (κ2) is 14.6. The summed E-state index contributed by atoms with van der Waals surface area (Å²) < 4.78 is 5.42. The quantitative estimate of drug-likeness (QED) is 0.365. The van der Waals surface area contributed by atoms with Gasteiger partial charge in [-0.2, -0.15) is 5.26 Å². The molecule has 0 bridgehead atoms. The fourth-order valence-electron chi connectivity index (χ4n) is 5.39. The van der Waals surface area contributed by atoms with Crippen molar-refractivity contribution >= 4 is 17.7 Å². The van der Waals surface area contributed by atoms with Gasteiger partial charge in [-0.1, -0.05) is 12.1 Å². The van der Waals surface area contributed by atoms with Crippen LogP contribution in [0.2, 0.25) is 0 Å². The summed E-state index contributed by atoms with van der Waals surface area (Å²) >= 11 is 0. The molecular formula is C33H41N7O3. The van der Waals surface area contributed by atoms with Crippen LogP contribution >= 0.6 is 0 Å². The van der Waals surface area contributed by atoms with Gasteiger partial charge in [0.1, 0.15) is 12.1 Å². The van der Waals surface area contributed by atoms with E-state index in [4.69, 9.17) is 4.74 Å². The van der Waals surface area contributed by atoms with E-state index in [1.807, 2.05) is 63.2 Å². The molecule has 1 saturated heterocycles. The molecule has 43 heavy (non-hydrogen) atoms. The molecule has 0 radical (unpaired) electrons. The van der Waals surface area contributed by atoms with Gasteiger partial charge in [0.25, 0.3) is 5.91 Å². The number of likely N-dealkylation sites (tertiary alicyclic amines) is 1. The number of nitriles is 1. The van der Waals surface area contributed by atoms with Crippen LogP contribution in [0.4, 0.5) is 10.5 Å². The molecule has 1 aliphatic rings. The topological polar surface area (TPSA) is 115 Å². The molecule has 2 amide bonds. The van der Waals surface area contributed by atoms with Gasteiger partial charge in [-0.3, -0.25) is 4.79 Å².